The van der Waals surface area contributed by atoms with Gasteiger partial charge in [-0.1, -0.05) is 67.1 Å². The van der Waals surface area contributed by atoms with Crippen molar-refractivity contribution in [2.24, 2.45) is 5.92 Å². The molecule has 0 bridgehead atoms. The fourth-order valence-corrected chi connectivity index (χ4v) is 4.07. The molecule has 0 aliphatic heterocycles. The lowest BCUT2D eigenvalue weighted by Gasteiger charge is -2.34. The van der Waals surface area contributed by atoms with Gasteiger partial charge in [0.15, 0.2) is 0 Å². The Morgan fingerprint density at radius 2 is 1.77 bits per heavy atom. The highest BCUT2D eigenvalue weighted by molar-refractivity contribution is 6.31. The van der Waals surface area contributed by atoms with E-state index in [0.29, 0.717) is 12.8 Å². The van der Waals surface area contributed by atoms with E-state index in [-0.39, 0.29) is 18.4 Å². The molecule has 1 aliphatic rings. The molecule has 0 spiro atoms. The molecule has 26 heavy (non-hydrogen) atoms. The highest BCUT2D eigenvalue weighted by Crippen LogP contribution is 2.40. The van der Waals surface area contributed by atoms with E-state index in [4.69, 9.17) is 11.6 Å². The summed E-state index contributed by atoms with van der Waals surface area (Å²) in [6.45, 7) is 6.40. The third-order valence-corrected chi connectivity index (χ3v) is 5.92. The first-order valence-electron chi connectivity index (χ1n) is 9.35. The molecule has 3 heteroatoms. The molecule has 1 saturated carbocycles. The Balaban J connectivity index is 1.85. The second-order valence-corrected chi connectivity index (χ2v) is 7.74. The molecular formula is C23H27ClO2. The topological polar surface area (TPSA) is 40.5 Å². The summed E-state index contributed by atoms with van der Waals surface area (Å²) in [5.41, 5.74) is 5.78. The number of hydrogen-bond donors (Lipinski definition) is 2. The van der Waals surface area contributed by atoms with Crippen LogP contribution in [0.3, 0.4) is 0 Å². The SMILES string of the molecule is C=C1C(CO)CC(O)CC1c1ccc(Cl)c(Cc2ccc(CC)cc2)c1. The van der Waals surface area contributed by atoms with Crippen LogP contribution in [0.25, 0.3) is 0 Å². The molecule has 2 N–H and O–H groups in total. The minimum atomic E-state index is -0.400. The van der Waals surface area contributed by atoms with E-state index in [1.807, 2.05) is 12.1 Å². The smallest absolute Gasteiger partial charge is 0.0555 e. The van der Waals surface area contributed by atoms with E-state index in [1.165, 1.54) is 11.1 Å². The molecule has 3 unspecified atom stereocenters. The zero-order valence-corrected chi connectivity index (χ0v) is 16.0. The van der Waals surface area contributed by atoms with Gasteiger partial charge in [0.05, 0.1) is 6.10 Å². The maximum absolute atomic E-state index is 10.2. The summed E-state index contributed by atoms with van der Waals surface area (Å²) in [5, 5.41) is 20.5. The summed E-state index contributed by atoms with van der Waals surface area (Å²) in [4.78, 5) is 0. The molecule has 138 valence electrons. The minimum Gasteiger partial charge on any atom is -0.396 e. The highest BCUT2D eigenvalue weighted by atomic mass is 35.5. The van der Waals surface area contributed by atoms with Gasteiger partial charge in [-0.25, -0.2) is 0 Å². The van der Waals surface area contributed by atoms with E-state index in [9.17, 15) is 10.2 Å². The zero-order valence-electron chi connectivity index (χ0n) is 15.3. The van der Waals surface area contributed by atoms with Crippen LogP contribution in [0.2, 0.25) is 5.02 Å². The van der Waals surface area contributed by atoms with Crippen LogP contribution in [0.4, 0.5) is 0 Å². The van der Waals surface area contributed by atoms with Crippen molar-refractivity contribution in [3.05, 3.63) is 81.9 Å². The number of rotatable bonds is 5. The fourth-order valence-electron chi connectivity index (χ4n) is 3.89. The minimum absolute atomic E-state index is 0.0375. The van der Waals surface area contributed by atoms with Gasteiger partial charge in [-0.2, -0.15) is 0 Å². The van der Waals surface area contributed by atoms with E-state index in [2.05, 4.69) is 43.8 Å². The van der Waals surface area contributed by atoms with Gasteiger partial charge >= 0.3 is 0 Å². The monoisotopic (exact) mass is 370 g/mol. The van der Waals surface area contributed by atoms with E-state index >= 15 is 0 Å². The van der Waals surface area contributed by atoms with Crippen LogP contribution in [0.5, 0.6) is 0 Å². The first kappa shape index (κ1) is 19.2. The van der Waals surface area contributed by atoms with Gasteiger partial charge in [-0.3, -0.25) is 0 Å². The molecule has 2 aromatic rings. The second-order valence-electron chi connectivity index (χ2n) is 7.33. The predicted octanol–water partition coefficient (Wildman–Crippen LogP) is 4.90. The van der Waals surface area contributed by atoms with Crippen LogP contribution in [-0.4, -0.2) is 22.9 Å². The van der Waals surface area contributed by atoms with Crippen LogP contribution in [0.1, 0.15) is 47.9 Å². The van der Waals surface area contributed by atoms with Crippen molar-refractivity contribution < 1.29 is 10.2 Å². The molecule has 3 atom stereocenters. The average molecular weight is 371 g/mol. The Morgan fingerprint density at radius 3 is 2.42 bits per heavy atom. The Bertz CT molecular complexity index is 766. The zero-order chi connectivity index (χ0) is 18.7. The van der Waals surface area contributed by atoms with Crippen molar-refractivity contribution in [1.29, 1.82) is 0 Å². The molecule has 1 fully saturated rings. The van der Waals surface area contributed by atoms with Crippen molar-refractivity contribution in [2.75, 3.05) is 6.61 Å². The highest BCUT2D eigenvalue weighted by Gasteiger charge is 2.31. The Morgan fingerprint density at radius 1 is 1.08 bits per heavy atom. The maximum atomic E-state index is 10.2. The van der Waals surface area contributed by atoms with Crippen LogP contribution in [0.15, 0.2) is 54.6 Å². The normalized spacial score (nSPS) is 23.2. The molecule has 0 amide bonds. The van der Waals surface area contributed by atoms with Crippen LogP contribution in [-0.2, 0) is 12.8 Å². The van der Waals surface area contributed by atoms with Crippen LogP contribution < -0.4 is 0 Å². The Kier molecular flexibility index (Phi) is 6.18. The van der Waals surface area contributed by atoms with Gasteiger partial charge in [0.2, 0.25) is 0 Å². The number of benzene rings is 2. The maximum Gasteiger partial charge on any atom is 0.0555 e. The lowest BCUT2D eigenvalue weighted by atomic mass is 9.73. The molecule has 0 radical (unpaired) electrons. The van der Waals surface area contributed by atoms with Crippen LogP contribution in [0, 0.1) is 5.92 Å². The molecule has 0 aromatic heterocycles. The third kappa shape index (κ3) is 4.20. The summed E-state index contributed by atoms with van der Waals surface area (Å²) in [7, 11) is 0. The van der Waals surface area contributed by atoms with E-state index < -0.39 is 6.10 Å². The van der Waals surface area contributed by atoms with Gasteiger partial charge in [0, 0.05) is 23.5 Å². The summed E-state index contributed by atoms with van der Waals surface area (Å²) in [6.07, 6.45) is 2.66. The Hall–Kier alpha value is -1.61. The number of hydrogen-bond acceptors (Lipinski definition) is 2. The molecule has 0 heterocycles. The molecule has 3 rings (SSSR count). The first-order valence-corrected chi connectivity index (χ1v) is 9.73. The molecule has 2 nitrogen and oxygen atoms in total. The molecule has 2 aromatic carbocycles. The van der Waals surface area contributed by atoms with Gasteiger partial charge < -0.3 is 10.2 Å². The van der Waals surface area contributed by atoms with Crippen LogP contribution >= 0.6 is 11.6 Å². The van der Waals surface area contributed by atoms with Gasteiger partial charge in [0.25, 0.3) is 0 Å². The molecule has 1 aliphatic carbocycles. The summed E-state index contributed by atoms with van der Waals surface area (Å²) < 4.78 is 0. The van der Waals surface area contributed by atoms with E-state index in [0.717, 1.165) is 34.6 Å². The second kappa shape index (κ2) is 8.39. The quantitative estimate of drug-likeness (QED) is 0.735. The van der Waals surface area contributed by atoms with Gasteiger partial charge in [-0.15, -0.1) is 0 Å². The third-order valence-electron chi connectivity index (χ3n) is 5.55. The average Bonchev–Trinajstić information content (AvgIpc) is 2.65. The lowest BCUT2D eigenvalue weighted by Crippen LogP contribution is -2.29. The fraction of sp³-hybridized carbons (Fsp3) is 0.391. The van der Waals surface area contributed by atoms with Crippen molar-refractivity contribution >= 4 is 11.6 Å². The largest absolute Gasteiger partial charge is 0.396 e. The number of halogens is 1. The van der Waals surface area contributed by atoms with Crippen molar-refractivity contribution in [1.82, 2.24) is 0 Å². The first-order chi connectivity index (χ1) is 12.5. The standard InChI is InChI=1S/C23H27ClO2/c1-3-16-4-6-17(7-5-16)10-19-11-18(8-9-23(19)24)22-13-21(26)12-20(14-25)15(22)2/h4-9,11,20-22,25-26H,2-3,10,12-14H2,1H3. The number of aryl methyl sites for hydroxylation is 1. The molecular weight excluding hydrogens is 344 g/mol. The van der Waals surface area contributed by atoms with Crippen molar-refractivity contribution in [2.45, 2.75) is 44.6 Å². The summed E-state index contributed by atoms with van der Waals surface area (Å²) in [6, 6.07) is 14.7. The predicted molar refractivity (Wildman–Crippen MR) is 108 cm³/mol. The van der Waals surface area contributed by atoms with Gasteiger partial charge in [0.1, 0.15) is 0 Å². The molecule has 0 saturated heterocycles. The van der Waals surface area contributed by atoms with Gasteiger partial charge in [-0.05, 0) is 54.0 Å². The summed E-state index contributed by atoms with van der Waals surface area (Å²) in [5.74, 6) is 0.0267. The van der Waals surface area contributed by atoms with Crippen molar-refractivity contribution in [3.8, 4) is 0 Å². The Labute approximate surface area is 161 Å². The van der Waals surface area contributed by atoms with E-state index in [1.54, 1.807) is 0 Å². The summed E-state index contributed by atoms with van der Waals surface area (Å²) >= 11 is 6.45. The van der Waals surface area contributed by atoms with Crippen molar-refractivity contribution in [3.63, 3.8) is 0 Å². The number of aliphatic hydroxyl groups excluding tert-OH is 2. The number of aliphatic hydroxyl groups is 2. The lowest BCUT2D eigenvalue weighted by molar-refractivity contribution is 0.0928.